The zero-order valence-corrected chi connectivity index (χ0v) is 17.2. The summed E-state index contributed by atoms with van der Waals surface area (Å²) in [5, 5.41) is 9.24. The molecule has 25 heavy (non-hydrogen) atoms. The second kappa shape index (κ2) is 21.4. The van der Waals surface area contributed by atoms with Gasteiger partial charge in [-0.05, 0) is 6.42 Å². The Morgan fingerprint density at radius 2 is 0.840 bits per heavy atom. The van der Waals surface area contributed by atoms with Crippen molar-refractivity contribution in [2.45, 2.75) is 135 Å². The Morgan fingerprint density at radius 3 is 1.12 bits per heavy atom. The van der Waals surface area contributed by atoms with Crippen molar-refractivity contribution in [1.29, 1.82) is 0 Å². The normalized spacial score (nSPS) is 12.0. The van der Waals surface area contributed by atoms with E-state index in [0.29, 0.717) is 5.76 Å². The molecule has 0 rings (SSSR count). The van der Waals surface area contributed by atoms with Crippen LogP contribution in [0.5, 0.6) is 0 Å². The minimum atomic E-state index is 0.340. The van der Waals surface area contributed by atoms with Crippen molar-refractivity contribution >= 4 is 0 Å². The first kappa shape index (κ1) is 24.3. The molecule has 150 valence electrons. The highest BCUT2D eigenvalue weighted by Crippen LogP contribution is 2.15. The van der Waals surface area contributed by atoms with Crippen molar-refractivity contribution in [3.05, 3.63) is 12.0 Å². The Labute approximate surface area is 158 Å². The zero-order valence-electron chi connectivity index (χ0n) is 17.2. The van der Waals surface area contributed by atoms with E-state index in [1.165, 1.54) is 122 Å². The molecule has 0 saturated heterocycles. The van der Waals surface area contributed by atoms with Gasteiger partial charge in [-0.3, -0.25) is 0 Å². The summed E-state index contributed by atoms with van der Waals surface area (Å²) >= 11 is 0. The zero-order chi connectivity index (χ0) is 18.4. The molecule has 0 spiro atoms. The fourth-order valence-corrected chi connectivity index (χ4v) is 3.47. The highest BCUT2D eigenvalue weighted by atomic mass is 16.3. The largest absolute Gasteiger partial charge is 0.511 e. The molecule has 0 fully saturated rings. The molecule has 3 N–H and O–H groups in total. The number of unbranched alkanes of at least 4 members (excludes halogenated alkanes) is 18. The van der Waals surface area contributed by atoms with E-state index in [1.54, 1.807) is 0 Å². The van der Waals surface area contributed by atoms with Gasteiger partial charge in [-0.2, -0.15) is 0 Å². The number of aliphatic hydroxyl groups excluding tert-OH is 1. The van der Waals surface area contributed by atoms with E-state index >= 15 is 0 Å². The van der Waals surface area contributed by atoms with Gasteiger partial charge in [0.05, 0.1) is 0 Å². The molecule has 2 nitrogen and oxygen atoms in total. The van der Waals surface area contributed by atoms with Crippen LogP contribution in [0.3, 0.4) is 0 Å². The lowest BCUT2D eigenvalue weighted by Gasteiger charge is -2.04. The third-order valence-corrected chi connectivity index (χ3v) is 5.23. The molecule has 0 radical (unpaired) electrons. The standard InChI is InChI=1S/C23H47NO/c1-2-3-4-5-6-7-8-9-10-11-12-13-14-15-16-17-18-19-20-21-23(25)22-24/h22,25H,2-21,24H2,1H3/b23-22-. The minimum absolute atomic E-state index is 0.340. The van der Waals surface area contributed by atoms with Gasteiger partial charge in [0.1, 0.15) is 5.76 Å². The van der Waals surface area contributed by atoms with Crippen LogP contribution in [0.4, 0.5) is 0 Å². The highest BCUT2D eigenvalue weighted by molar-refractivity contribution is 4.85. The molecule has 2 heteroatoms. The van der Waals surface area contributed by atoms with Gasteiger partial charge in [-0.1, -0.05) is 122 Å². The molecule has 0 aliphatic heterocycles. The van der Waals surface area contributed by atoms with Gasteiger partial charge in [-0.15, -0.1) is 0 Å². The number of allylic oxidation sites excluding steroid dienone is 1. The number of rotatable bonds is 20. The minimum Gasteiger partial charge on any atom is -0.511 e. The average Bonchev–Trinajstić information content (AvgIpc) is 2.63. The van der Waals surface area contributed by atoms with Gasteiger partial charge in [0, 0.05) is 12.6 Å². The van der Waals surface area contributed by atoms with Gasteiger partial charge >= 0.3 is 0 Å². The second-order valence-corrected chi connectivity index (χ2v) is 7.77. The summed E-state index contributed by atoms with van der Waals surface area (Å²) in [7, 11) is 0. The first-order valence-electron chi connectivity index (χ1n) is 11.4. The van der Waals surface area contributed by atoms with Crippen LogP contribution in [-0.2, 0) is 0 Å². The average molecular weight is 354 g/mol. The van der Waals surface area contributed by atoms with Gasteiger partial charge < -0.3 is 10.8 Å². The SMILES string of the molecule is CCCCCCCCCCCCCCCCCCCCC/C(O)=C/N. The summed E-state index contributed by atoms with van der Waals surface area (Å²) in [6.07, 6.45) is 28.6. The molecule has 0 amide bonds. The van der Waals surface area contributed by atoms with Crippen LogP contribution in [0.2, 0.25) is 0 Å². The van der Waals surface area contributed by atoms with Crippen molar-refractivity contribution in [1.82, 2.24) is 0 Å². The third-order valence-electron chi connectivity index (χ3n) is 5.23. The predicted octanol–water partition coefficient (Wildman–Crippen LogP) is 8.17. The molecular formula is C23H47NO. The Bertz CT molecular complexity index is 275. The van der Waals surface area contributed by atoms with Crippen LogP contribution in [0.25, 0.3) is 0 Å². The molecule has 0 aliphatic carbocycles. The number of nitrogens with two attached hydrogens (primary N) is 1. The summed E-state index contributed by atoms with van der Waals surface area (Å²) in [5.74, 6) is 0.340. The maximum atomic E-state index is 9.24. The van der Waals surface area contributed by atoms with Crippen molar-refractivity contribution in [2.24, 2.45) is 5.73 Å². The van der Waals surface area contributed by atoms with E-state index in [1.807, 2.05) is 0 Å². The molecule has 0 aromatic carbocycles. The molecular weight excluding hydrogens is 306 g/mol. The Hall–Kier alpha value is -0.660. The molecule has 0 aromatic rings. The lowest BCUT2D eigenvalue weighted by molar-refractivity contribution is 0.378. The predicted molar refractivity (Wildman–Crippen MR) is 113 cm³/mol. The monoisotopic (exact) mass is 353 g/mol. The van der Waals surface area contributed by atoms with E-state index in [9.17, 15) is 5.11 Å². The van der Waals surface area contributed by atoms with Crippen LogP contribution in [0.15, 0.2) is 12.0 Å². The van der Waals surface area contributed by atoms with Crippen molar-refractivity contribution < 1.29 is 5.11 Å². The summed E-state index contributed by atoms with van der Waals surface area (Å²) in [6.45, 7) is 2.29. The molecule has 0 bridgehead atoms. The maximum Gasteiger partial charge on any atom is 0.108 e. The third kappa shape index (κ3) is 21.3. The van der Waals surface area contributed by atoms with Crippen LogP contribution in [0.1, 0.15) is 135 Å². The van der Waals surface area contributed by atoms with Gasteiger partial charge in [-0.25, -0.2) is 0 Å². The van der Waals surface area contributed by atoms with E-state index < -0.39 is 0 Å². The van der Waals surface area contributed by atoms with E-state index in [0.717, 1.165) is 12.8 Å². The summed E-state index contributed by atoms with van der Waals surface area (Å²) in [6, 6.07) is 0. The van der Waals surface area contributed by atoms with Crippen molar-refractivity contribution in [3.63, 3.8) is 0 Å². The lowest BCUT2D eigenvalue weighted by Crippen LogP contribution is -1.88. The fraction of sp³-hybridized carbons (Fsp3) is 0.913. The Morgan fingerprint density at radius 1 is 0.560 bits per heavy atom. The van der Waals surface area contributed by atoms with E-state index in [4.69, 9.17) is 5.73 Å². The van der Waals surface area contributed by atoms with Gasteiger partial charge in [0.2, 0.25) is 0 Å². The molecule has 0 atom stereocenters. The van der Waals surface area contributed by atoms with E-state index in [2.05, 4.69) is 6.92 Å². The quantitative estimate of drug-likeness (QED) is 0.171. The fourth-order valence-electron chi connectivity index (χ4n) is 3.47. The first-order chi connectivity index (χ1) is 12.3. The maximum absolute atomic E-state index is 9.24. The molecule has 0 unspecified atom stereocenters. The first-order valence-corrected chi connectivity index (χ1v) is 11.4. The van der Waals surface area contributed by atoms with Crippen LogP contribution >= 0.6 is 0 Å². The van der Waals surface area contributed by atoms with Crippen molar-refractivity contribution in [2.75, 3.05) is 0 Å². The summed E-state index contributed by atoms with van der Waals surface area (Å²) < 4.78 is 0. The van der Waals surface area contributed by atoms with E-state index in [-0.39, 0.29) is 0 Å². The van der Waals surface area contributed by atoms with Crippen LogP contribution in [-0.4, -0.2) is 5.11 Å². The number of aliphatic hydroxyl groups is 1. The van der Waals surface area contributed by atoms with Gasteiger partial charge in [0.25, 0.3) is 0 Å². The molecule has 0 aliphatic rings. The van der Waals surface area contributed by atoms with Gasteiger partial charge in [0.15, 0.2) is 0 Å². The van der Waals surface area contributed by atoms with Crippen molar-refractivity contribution in [3.8, 4) is 0 Å². The molecule has 0 saturated carbocycles. The second-order valence-electron chi connectivity index (χ2n) is 7.77. The highest BCUT2D eigenvalue weighted by Gasteiger charge is 1.96. The summed E-state index contributed by atoms with van der Waals surface area (Å²) in [5.41, 5.74) is 5.24. The number of hydrogen-bond acceptors (Lipinski definition) is 2. The molecule has 0 heterocycles. The Kier molecular flexibility index (Phi) is 20.8. The smallest absolute Gasteiger partial charge is 0.108 e. The van der Waals surface area contributed by atoms with Crippen LogP contribution in [0, 0.1) is 0 Å². The Balaban J connectivity index is 3.00. The molecule has 0 aromatic heterocycles. The summed E-state index contributed by atoms with van der Waals surface area (Å²) in [4.78, 5) is 0. The lowest BCUT2D eigenvalue weighted by atomic mass is 10.0. The number of hydrogen-bond donors (Lipinski definition) is 2. The van der Waals surface area contributed by atoms with Crippen LogP contribution < -0.4 is 5.73 Å². The topological polar surface area (TPSA) is 46.2 Å².